The van der Waals surface area contributed by atoms with Crippen molar-refractivity contribution in [1.82, 2.24) is 9.78 Å². The Kier molecular flexibility index (Phi) is 2.17. The Bertz CT molecular complexity index is 428. The summed E-state index contributed by atoms with van der Waals surface area (Å²) in [6.07, 6.45) is 1.60. The molecule has 2 rings (SSSR count). The van der Waals surface area contributed by atoms with E-state index in [0.29, 0.717) is 5.02 Å². The molecule has 14 heavy (non-hydrogen) atoms. The van der Waals surface area contributed by atoms with E-state index < -0.39 is 0 Å². The van der Waals surface area contributed by atoms with Crippen LogP contribution in [-0.2, 0) is 7.05 Å². The van der Waals surface area contributed by atoms with Crippen molar-refractivity contribution < 1.29 is 5.11 Å². The van der Waals surface area contributed by atoms with Gasteiger partial charge in [0.25, 0.3) is 0 Å². The van der Waals surface area contributed by atoms with Crippen LogP contribution < -0.4 is 0 Å². The third kappa shape index (κ3) is 1.46. The molecule has 0 atom stereocenters. The van der Waals surface area contributed by atoms with Crippen LogP contribution in [0, 0.1) is 0 Å². The molecule has 1 aromatic carbocycles. The van der Waals surface area contributed by atoms with E-state index in [2.05, 4.69) is 5.10 Å². The highest BCUT2D eigenvalue weighted by atomic mass is 35.5. The summed E-state index contributed by atoms with van der Waals surface area (Å²) in [4.78, 5) is 0. The molecule has 72 valence electrons. The lowest BCUT2D eigenvalue weighted by atomic mass is 10.1. The first-order chi connectivity index (χ1) is 6.68. The van der Waals surface area contributed by atoms with E-state index in [1.807, 2.05) is 7.05 Å². The second-order valence-corrected chi connectivity index (χ2v) is 3.42. The molecule has 1 heterocycles. The van der Waals surface area contributed by atoms with Crippen molar-refractivity contribution in [3.8, 4) is 17.0 Å². The van der Waals surface area contributed by atoms with Crippen molar-refractivity contribution in [2.45, 2.75) is 0 Å². The van der Waals surface area contributed by atoms with E-state index >= 15 is 0 Å². The van der Waals surface area contributed by atoms with Crippen LogP contribution in [-0.4, -0.2) is 14.9 Å². The topological polar surface area (TPSA) is 38.0 Å². The Hall–Kier alpha value is -1.48. The zero-order chi connectivity index (χ0) is 10.1. The number of aryl methyl sites for hydroxylation is 1. The summed E-state index contributed by atoms with van der Waals surface area (Å²) < 4.78 is 1.70. The largest absolute Gasteiger partial charge is 0.508 e. The van der Waals surface area contributed by atoms with Crippen LogP contribution in [0.5, 0.6) is 5.75 Å². The molecule has 2 aromatic rings. The van der Waals surface area contributed by atoms with E-state index in [4.69, 9.17) is 16.7 Å². The van der Waals surface area contributed by atoms with Crippen molar-refractivity contribution in [1.29, 1.82) is 0 Å². The molecule has 0 radical (unpaired) electrons. The number of phenolic OH excluding ortho intramolecular Hbond substituents is 1. The second kappa shape index (κ2) is 3.35. The summed E-state index contributed by atoms with van der Waals surface area (Å²) in [6, 6.07) is 6.85. The van der Waals surface area contributed by atoms with Gasteiger partial charge >= 0.3 is 0 Å². The quantitative estimate of drug-likeness (QED) is 0.782. The predicted molar refractivity (Wildman–Crippen MR) is 55.3 cm³/mol. The summed E-state index contributed by atoms with van der Waals surface area (Å²) in [6.45, 7) is 0. The van der Waals surface area contributed by atoms with E-state index in [9.17, 15) is 0 Å². The molecule has 0 amide bonds. The summed E-state index contributed by atoms with van der Waals surface area (Å²) in [5, 5.41) is 13.8. The Morgan fingerprint density at radius 1 is 1.29 bits per heavy atom. The second-order valence-electron chi connectivity index (χ2n) is 3.01. The van der Waals surface area contributed by atoms with E-state index in [-0.39, 0.29) is 5.75 Å². The summed E-state index contributed by atoms with van der Waals surface area (Å²) in [5.74, 6) is 0.243. The highest BCUT2D eigenvalue weighted by molar-refractivity contribution is 6.33. The van der Waals surface area contributed by atoms with Crippen molar-refractivity contribution in [2.75, 3.05) is 0 Å². The normalized spacial score (nSPS) is 10.4. The lowest BCUT2D eigenvalue weighted by molar-refractivity contribution is 0.475. The number of phenols is 1. The smallest absolute Gasteiger partial charge is 0.115 e. The van der Waals surface area contributed by atoms with Crippen LogP contribution in [0.2, 0.25) is 5.02 Å². The highest BCUT2D eigenvalue weighted by Gasteiger charge is 2.08. The van der Waals surface area contributed by atoms with Crippen LogP contribution >= 0.6 is 11.6 Å². The van der Waals surface area contributed by atoms with Crippen molar-refractivity contribution >= 4 is 11.6 Å². The van der Waals surface area contributed by atoms with Gasteiger partial charge in [0, 0.05) is 12.6 Å². The molecule has 0 aliphatic heterocycles. The number of halogens is 1. The molecule has 0 unspecified atom stereocenters. The van der Waals surface area contributed by atoms with E-state index in [0.717, 1.165) is 11.3 Å². The summed E-state index contributed by atoms with van der Waals surface area (Å²) in [7, 11) is 1.83. The molecule has 1 aromatic heterocycles. The molecule has 0 saturated carbocycles. The maximum Gasteiger partial charge on any atom is 0.115 e. The highest BCUT2D eigenvalue weighted by Crippen LogP contribution is 2.27. The van der Waals surface area contributed by atoms with Crippen molar-refractivity contribution in [3.05, 3.63) is 35.5 Å². The van der Waals surface area contributed by atoms with E-state index in [1.54, 1.807) is 35.1 Å². The maximum absolute atomic E-state index is 9.14. The first-order valence-corrected chi connectivity index (χ1v) is 4.53. The number of hydrogen-bond donors (Lipinski definition) is 1. The molecular formula is C10H9ClN2O. The predicted octanol–water partition coefficient (Wildman–Crippen LogP) is 2.45. The van der Waals surface area contributed by atoms with Gasteiger partial charge in [0.05, 0.1) is 16.9 Å². The van der Waals surface area contributed by atoms with Gasteiger partial charge in [0.15, 0.2) is 0 Å². The molecule has 3 nitrogen and oxygen atoms in total. The number of nitrogens with zero attached hydrogens (tertiary/aromatic N) is 2. The number of rotatable bonds is 1. The fourth-order valence-corrected chi connectivity index (χ4v) is 1.63. The van der Waals surface area contributed by atoms with Crippen LogP contribution in [0.15, 0.2) is 30.5 Å². The average Bonchev–Trinajstić information content (AvgIpc) is 2.49. The zero-order valence-electron chi connectivity index (χ0n) is 7.61. The molecule has 0 saturated heterocycles. The lowest BCUT2D eigenvalue weighted by Crippen LogP contribution is -1.93. The minimum atomic E-state index is 0.243. The SMILES string of the molecule is Cn1ncc(Cl)c1-c1ccc(O)cc1. The molecule has 4 heteroatoms. The Balaban J connectivity index is 2.54. The minimum Gasteiger partial charge on any atom is -0.508 e. The summed E-state index contributed by atoms with van der Waals surface area (Å²) in [5.41, 5.74) is 1.79. The van der Waals surface area contributed by atoms with Gasteiger partial charge < -0.3 is 5.11 Å². The molecule has 0 spiro atoms. The Morgan fingerprint density at radius 3 is 2.43 bits per heavy atom. The van der Waals surface area contributed by atoms with Crippen LogP contribution in [0.4, 0.5) is 0 Å². The Labute approximate surface area is 86.6 Å². The van der Waals surface area contributed by atoms with Gasteiger partial charge in [-0.2, -0.15) is 5.10 Å². The Morgan fingerprint density at radius 2 is 1.93 bits per heavy atom. The van der Waals surface area contributed by atoms with Crippen molar-refractivity contribution in [3.63, 3.8) is 0 Å². The first kappa shape index (κ1) is 9.09. The van der Waals surface area contributed by atoms with Gasteiger partial charge in [-0.15, -0.1) is 0 Å². The van der Waals surface area contributed by atoms with Gasteiger partial charge in [-0.3, -0.25) is 4.68 Å². The maximum atomic E-state index is 9.14. The minimum absolute atomic E-state index is 0.243. The molecule has 0 aliphatic rings. The van der Waals surface area contributed by atoms with Crippen molar-refractivity contribution in [2.24, 2.45) is 7.05 Å². The monoisotopic (exact) mass is 208 g/mol. The van der Waals surface area contributed by atoms with Crippen LogP contribution in [0.25, 0.3) is 11.3 Å². The van der Waals surface area contributed by atoms with Gasteiger partial charge in [0.2, 0.25) is 0 Å². The third-order valence-electron chi connectivity index (χ3n) is 2.03. The molecule has 1 N–H and O–H groups in total. The standard InChI is InChI=1S/C10H9ClN2O/c1-13-10(9(11)6-12-13)7-2-4-8(14)5-3-7/h2-6,14H,1H3. The van der Waals surface area contributed by atoms with Crippen LogP contribution in [0.3, 0.4) is 0 Å². The van der Waals surface area contributed by atoms with Gasteiger partial charge in [-0.25, -0.2) is 0 Å². The molecule has 0 aliphatic carbocycles. The number of aromatic nitrogens is 2. The third-order valence-corrected chi connectivity index (χ3v) is 2.31. The van der Waals surface area contributed by atoms with Gasteiger partial charge in [-0.1, -0.05) is 11.6 Å². The number of aromatic hydroxyl groups is 1. The molecule has 0 bridgehead atoms. The fourth-order valence-electron chi connectivity index (χ4n) is 1.35. The van der Waals surface area contributed by atoms with Gasteiger partial charge in [-0.05, 0) is 24.3 Å². The number of benzene rings is 1. The first-order valence-electron chi connectivity index (χ1n) is 4.15. The van der Waals surface area contributed by atoms with E-state index in [1.165, 1.54) is 0 Å². The zero-order valence-corrected chi connectivity index (χ0v) is 8.36. The van der Waals surface area contributed by atoms with Gasteiger partial charge in [0.1, 0.15) is 5.75 Å². The van der Waals surface area contributed by atoms with Crippen LogP contribution in [0.1, 0.15) is 0 Å². The average molecular weight is 209 g/mol. The molecule has 0 fully saturated rings. The lowest BCUT2D eigenvalue weighted by Gasteiger charge is -2.02. The number of hydrogen-bond acceptors (Lipinski definition) is 2. The fraction of sp³-hybridized carbons (Fsp3) is 0.100. The summed E-state index contributed by atoms with van der Waals surface area (Å²) >= 11 is 5.97. The molecular weight excluding hydrogens is 200 g/mol.